The Morgan fingerprint density at radius 3 is 2.36 bits per heavy atom. The van der Waals surface area contributed by atoms with Gasteiger partial charge in [-0.3, -0.25) is 4.79 Å². The summed E-state index contributed by atoms with van der Waals surface area (Å²) in [5.74, 6) is -0.601. The summed E-state index contributed by atoms with van der Waals surface area (Å²) in [5.41, 5.74) is 1.16. The van der Waals surface area contributed by atoms with Gasteiger partial charge in [0, 0.05) is 31.9 Å². The quantitative estimate of drug-likeness (QED) is 0.708. The summed E-state index contributed by atoms with van der Waals surface area (Å²) < 4.78 is 6.18. The van der Waals surface area contributed by atoms with Crippen molar-refractivity contribution in [2.75, 3.05) is 31.1 Å². The maximum Gasteiger partial charge on any atom is 0.349 e. The molecule has 0 radical (unpaired) electrons. The number of halogens is 1. The van der Waals surface area contributed by atoms with E-state index in [4.69, 9.17) is 4.74 Å². The Morgan fingerprint density at radius 2 is 1.76 bits per heavy atom. The highest BCUT2D eigenvalue weighted by molar-refractivity contribution is 9.11. The molecule has 1 amide bonds. The number of para-hydroxylation sites is 1. The summed E-state index contributed by atoms with van der Waals surface area (Å²) in [6, 6.07) is 13.6. The summed E-state index contributed by atoms with van der Waals surface area (Å²) in [4.78, 5) is 29.1. The van der Waals surface area contributed by atoms with E-state index in [0.717, 1.165) is 22.6 Å². The van der Waals surface area contributed by atoms with E-state index in [1.54, 1.807) is 24.0 Å². The molecule has 2 heterocycles. The van der Waals surface area contributed by atoms with Crippen LogP contribution >= 0.6 is 27.3 Å². The highest BCUT2D eigenvalue weighted by Crippen LogP contribution is 2.23. The van der Waals surface area contributed by atoms with E-state index < -0.39 is 12.1 Å². The molecule has 2 aromatic rings. The molecule has 1 aromatic heterocycles. The molecule has 0 bridgehead atoms. The normalized spacial score (nSPS) is 15.8. The van der Waals surface area contributed by atoms with Gasteiger partial charge in [0.1, 0.15) is 4.88 Å². The minimum Gasteiger partial charge on any atom is -0.448 e. The van der Waals surface area contributed by atoms with E-state index in [0.29, 0.717) is 18.0 Å². The van der Waals surface area contributed by atoms with Crippen molar-refractivity contribution in [2.24, 2.45) is 0 Å². The highest BCUT2D eigenvalue weighted by Gasteiger charge is 2.27. The van der Waals surface area contributed by atoms with Gasteiger partial charge < -0.3 is 14.5 Å². The Kier molecular flexibility index (Phi) is 5.75. The zero-order valence-electron chi connectivity index (χ0n) is 13.9. The van der Waals surface area contributed by atoms with Crippen LogP contribution in [0.15, 0.2) is 46.3 Å². The minimum atomic E-state index is -0.781. The van der Waals surface area contributed by atoms with Gasteiger partial charge in [0.15, 0.2) is 6.10 Å². The lowest BCUT2D eigenvalue weighted by molar-refractivity contribution is -0.140. The second-order valence-corrected chi connectivity index (χ2v) is 8.26. The molecule has 1 aliphatic rings. The zero-order chi connectivity index (χ0) is 17.8. The molecular weight excluding hydrogens is 404 g/mol. The molecule has 0 N–H and O–H groups in total. The SMILES string of the molecule is CC(OC(=O)c1ccc(Br)s1)C(=O)N1CCN(c2ccccc2)CC1. The van der Waals surface area contributed by atoms with Crippen LogP contribution < -0.4 is 4.90 Å². The highest BCUT2D eigenvalue weighted by atomic mass is 79.9. The second-order valence-electron chi connectivity index (χ2n) is 5.80. The summed E-state index contributed by atoms with van der Waals surface area (Å²) in [6.07, 6.45) is -0.781. The molecule has 5 nitrogen and oxygen atoms in total. The molecule has 0 saturated carbocycles. The standard InChI is InChI=1S/C18H19BrN2O3S/c1-13(24-18(23)15-7-8-16(19)25-15)17(22)21-11-9-20(10-12-21)14-5-3-2-4-6-14/h2-8,13H,9-12H2,1H3. The zero-order valence-corrected chi connectivity index (χ0v) is 16.3. The molecule has 1 saturated heterocycles. The van der Waals surface area contributed by atoms with Gasteiger partial charge in [-0.1, -0.05) is 18.2 Å². The topological polar surface area (TPSA) is 49.9 Å². The fourth-order valence-electron chi connectivity index (χ4n) is 2.77. The van der Waals surface area contributed by atoms with Crippen molar-refractivity contribution in [3.8, 4) is 0 Å². The predicted octanol–water partition coefficient (Wildman–Crippen LogP) is 3.40. The molecule has 132 valence electrons. The summed E-state index contributed by atoms with van der Waals surface area (Å²) in [7, 11) is 0. The first-order valence-corrected chi connectivity index (χ1v) is 9.70. The van der Waals surface area contributed by atoms with Gasteiger partial charge in [-0.2, -0.15) is 0 Å². The Labute approximate surface area is 159 Å². The van der Waals surface area contributed by atoms with Gasteiger partial charge in [-0.15, -0.1) is 11.3 Å². The number of amides is 1. The number of thiophene rings is 1. The summed E-state index contributed by atoms with van der Waals surface area (Å²) in [6.45, 7) is 4.43. The van der Waals surface area contributed by atoms with Gasteiger partial charge in [0.2, 0.25) is 0 Å². The van der Waals surface area contributed by atoms with Gasteiger partial charge >= 0.3 is 5.97 Å². The van der Waals surface area contributed by atoms with E-state index >= 15 is 0 Å². The van der Waals surface area contributed by atoms with Crippen LogP contribution in [0.3, 0.4) is 0 Å². The van der Waals surface area contributed by atoms with E-state index in [-0.39, 0.29) is 5.91 Å². The van der Waals surface area contributed by atoms with Crippen molar-refractivity contribution in [1.82, 2.24) is 4.90 Å². The number of hydrogen-bond acceptors (Lipinski definition) is 5. The Bertz CT molecular complexity index is 742. The van der Waals surface area contributed by atoms with Crippen LogP contribution in [-0.2, 0) is 9.53 Å². The molecule has 1 unspecified atom stereocenters. The molecule has 7 heteroatoms. The Balaban J connectivity index is 1.52. The maximum absolute atomic E-state index is 12.5. The molecule has 1 fully saturated rings. The molecule has 0 aliphatic carbocycles. The van der Waals surface area contributed by atoms with Crippen LogP contribution in [0.25, 0.3) is 0 Å². The lowest BCUT2D eigenvalue weighted by Gasteiger charge is -2.37. The minimum absolute atomic E-state index is 0.142. The second kappa shape index (κ2) is 8.01. The van der Waals surface area contributed by atoms with Crippen LogP contribution in [0.1, 0.15) is 16.6 Å². The van der Waals surface area contributed by atoms with Crippen LogP contribution in [0, 0.1) is 0 Å². The van der Waals surface area contributed by atoms with Gasteiger partial charge in [0.25, 0.3) is 5.91 Å². The lowest BCUT2D eigenvalue weighted by atomic mass is 10.2. The molecule has 0 spiro atoms. The number of nitrogens with zero attached hydrogens (tertiary/aromatic N) is 2. The van der Waals surface area contributed by atoms with Crippen molar-refractivity contribution in [3.05, 3.63) is 51.1 Å². The van der Waals surface area contributed by atoms with Crippen molar-refractivity contribution < 1.29 is 14.3 Å². The number of rotatable bonds is 4. The number of hydrogen-bond donors (Lipinski definition) is 0. The first kappa shape index (κ1) is 17.9. The predicted molar refractivity (Wildman–Crippen MR) is 102 cm³/mol. The van der Waals surface area contributed by atoms with Crippen molar-refractivity contribution in [3.63, 3.8) is 0 Å². The maximum atomic E-state index is 12.5. The average molecular weight is 423 g/mol. The molecule has 1 aliphatic heterocycles. The van der Waals surface area contributed by atoms with Crippen molar-refractivity contribution >= 4 is 44.8 Å². The third-order valence-corrected chi connectivity index (χ3v) is 5.72. The third-order valence-electron chi connectivity index (χ3n) is 4.12. The fraction of sp³-hybridized carbons (Fsp3) is 0.333. The van der Waals surface area contributed by atoms with Crippen molar-refractivity contribution in [2.45, 2.75) is 13.0 Å². The van der Waals surface area contributed by atoms with E-state index in [1.807, 2.05) is 18.2 Å². The van der Waals surface area contributed by atoms with Gasteiger partial charge in [-0.25, -0.2) is 4.79 Å². The number of esters is 1. The number of anilines is 1. The monoisotopic (exact) mass is 422 g/mol. The number of ether oxygens (including phenoxy) is 1. The summed E-state index contributed by atoms with van der Waals surface area (Å²) in [5, 5.41) is 0. The first-order chi connectivity index (χ1) is 12.0. The number of carbonyl (C=O) groups excluding carboxylic acids is 2. The third kappa shape index (κ3) is 4.41. The van der Waals surface area contributed by atoms with Crippen LogP contribution in [0.5, 0.6) is 0 Å². The Hall–Kier alpha value is -1.86. The molecular formula is C18H19BrN2O3S. The number of carbonyl (C=O) groups is 2. The van der Waals surface area contributed by atoms with Gasteiger partial charge in [-0.05, 0) is 47.1 Å². The molecule has 25 heavy (non-hydrogen) atoms. The van der Waals surface area contributed by atoms with Gasteiger partial charge in [0.05, 0.1) is 3.79 Å². The van der Waals surface area contributed by atoms with Crippen LogP contribution in [0.2, 0.25) is 0 Å². The van der Waals surface area contributed by atoms with Crippen molar-refractivity contribution in [1.29, 1.82) is 0 Å². The van der Waals surface area contributed by atoms with Crippen LogP contribution in [-0.4, -0.2) is 49.1 Å². The lowest BCUT2D eigenvalue weighted by Crippen LogP contribution is -2.51. The Morgan fingerprint density at radius 1 is 1.08 bits per heavy atom. The van der Waals surface area contributed by atoms with E-state index in [9.17, 15) is 9.59 Å². The molecule has 1 aromatic carbocycles. The first-order valence-electron chi connectivity index (χ1n) is 8.09. The smallest absolute Gasteiger partial charge is 0.349 e. The average Bonchev–Trinajstić information content (AvgIpc) is 3.08. The molecule has 3 rings (SSSR count). The molecule has 1 atom stereocenters. The van der Waals surface area contributed by atoms with E-state index in [1.165, 1.54) is 11.3 Å². The van der Waals surface area contributed by atoms with E-state index in [2.05, 4.69) is 33.0 Å². The number of benzene rings is 1. The number of piperazine rings is 1. The largest absolute Gasteiger partial charge is 0.448 e. The van der Waals surface area contributed by atoms with Crippen LogP contribution in [0.4, 0.5) is 5.69 Å². The summed E-state index contributed by atoms with van der Waals surface area (Å²) >= 11 is 4.61. The fourth-order valence-corrected chi connectivity index (χ4v) is 4.04.